The molecule has 4 atom stereocenters. The van der Waals surface area contributed by atoms with Gasteiger partial charge in [0.2, 0.25) is 17.6 Å². The smallest absolute Gasteiger partial charge is 0.327 e. The maximum absolute atomic E-state index is 13.6. The third kappa shape index (κ3) is 5.12. The number of benzene rings is 1. The average molecular weight is 559 g/mol. The normalized spacial score (nSPS) is 24.1. The van der Waals surface area contributed by atoms with Gasteiger partial charge in [-0.15, -0.1) is 11.8 Å². The van der Waals surface area contributed by atoms with Crippen LogP contribution in [0.5, 0.6) is 5.75 Å². The van der Waals surface area contributed by atoms with Gasteiger partial charge in [-0.3, -0.25) is 24.0 Å². The minimum Gasteiger partial charge on any atom is -0.508 e. The highest BCUT2D eigenvalue weighted by Crippen LogP contribution is 2.50. The van der Waals surface area contributed by atoms with Crippen molar-refractivity contribution in [2.45, 2.75) is 42.1 Å². The zero-order valence-corrected chi connectivity index (χ0v) is 21.7. The number of β-lactam (4-membered cyclic amide) rings is 1. The lowest BCUT2D eigenvalue weighted by Crippen LogP contribution is -2.71. The third-order valence-corrected chi connectivity index (χ3v) is 8.07. The van der Waals surface area contributed by atoms with E-state index in [9.17, 15) is 39.0 Å². The van der Waals surface area contributed by atoms with Gasteiger partial charge in [0.25, 0.3) is 5.91 Å². The minimum atomic E-state index is -1.40. The van der Waals surface area contributed by atoms with Crippen molar-refractivity contribution in [1.29, 1.82) is 0 Å². The van der Waals surface area contributed by atoms with Gasteiger partial charge in [0, 0.05) is 11.3 Å². The molecule has 0 saturated carbocycles. The Kier molecular flexibility index (Phi) is 7.52. The summed E-state index contributed by atoms with van der Waals surface area (Å²) in [5, 5.41) is 35.3. The highest BCUT2D eigenvalue weighted by atomic mass is 32.2. The number of allylic oxidation sites excluding steroid dienone is 2. The van der Waals surface area contributed by atoms with E-state index in [4.69, 9.17) is 5.11 Å². The summed E-state index contributed by atoms with van der Waals surface area (Å²) in [6, 6.07) is 1.80. The van der Waals surface area contributed by atoms with Crippen molar-refractivity contribution in [3.63, 3.8) is 0 Å². The molecule has 6 N–H and O–H groups in total. The zero-order valence-electron chi connectivity index (χ0n) is 20.8. The number of aliphatic carboxylic acids is 1. The molecular formula is C25H26N4O9S. The number of fused-ring (bicyclic) bond motifs is 1. The fraction of sp³-hybridized carbons (Fsp3) is 0.360. The van der Waals surface area contributed by atoms with Gasteiger partial charge in [0.05, 0.1) is 12.3 Å². The van der Waals surface area contributed by atoms with Gasteiger partial charge in [-0.1, -0.05) is 12.1 Å². The summed E-state index contributed by atoms with van der Waals surface area (Å²) in [6.45, 7) is 2.78. The van der Waals surface area contributed by atoms with E-state index in [1.54, 1.807) is 13.8 Å². The van der Waals surface area contributed by atoms with E-state index in [2.05, 4.69) is 16.0 Å². The quantitative estimate of drug-likeness (QED) is 0.120. The van der Waals surface area contributed by atoms with Crippen LogP contribution in [0, 0.1) is 0 Å². The largest absolute Gasteiger partial charge is 0.508 e. The molecule has 0 aromatic heterocycles. The molecule has 206 valence electrons. The Labute approximate surface area is 226 Å². The molecule has 1 aromatic carbocycles. The Morgan fingerprint density at radius 3 is 2.33 bits per heavy atom. The fourth-order valence-corrected chi connectivity index (χ4v) is 6.31. The van der Waals surface area contributed by atoms with Crippen LogP contribution in [0.15, 0.2) is 47.7 Å². The number of carbonyl (C=O) groups excluding carboxylic acids is 5. The van der Waals surface area contributed by atoms with Crippen molar-refractivity contribution in [2.24, 2.45) is 0 Å². The van der Waals surface area contributed by atoms with Gasteiger partial charge >= 0.3 is 5.97 Å². The van der Waals surface area contributed by atoms with Crippen LogP contribution < -0.4 is 16.0 Å². The molecule has 1 aliphatic carbocycles. The summed E-state index contributed by atoms with van der Waals surface area (Å²) in [5.41, 5.74) is -0.792. The number of rotatable bonds is 9. The van der Waals surface area contributed by atoms with E-state index in [-0.39, 0.29) is 17.9 Å². The molecule has 0 spiro atoms. The second kappa shape index (κ2) is 10.5. The van der Waals surface area contributed by atoms with E-state index in [0.29, 0.717) is 0 Å². The van der Waals surface area contributed by atoms with Gasteiger partial charge in [-0.05, 0) is 43.7 Å². The molecule has 4 rings (SSSR count). The number of carboxylic acids is 1. The maximum atomic E-state index is 13.6. The number of thioether (sulfide) groups is 1. The molecule has 1 aromatic rings. The number of aliphatic hydroxyl groups excluding tert-OH is 1. The van der Waals surface area contributed by atoms with Crippen LogP contribution in [0.4, 0.5) is 0 Å². The maximum Gasteiger partial charge on any atom is 0.327 e. The lowest BCUT2D eigenvalue weighted by molar-refractivity contribution is -0.161. The van der Waals surface area contributed by atoms with Crippen LogP contribution in [0.1, 0.15) is 25.5 Å². The number of carbonyl (C=O) groups is 6. The highest BCUT2D eigenvalue weighted by molar-refractivity contribution is 8.01. The predicted molar refractivity (Wildman–Crippen MR) is 136 cm³/mol. The van der Waals surface area contributed by atoms with Crippen LogP contribution in [0.2, 0.25) is 0 Å². The number of amides is 3. The second-order valence-corrected chi connectivity index (χ2v) is 11.3. The van der Waals surface area contributed by atoms with Crippen molar-refractivity contribution in [2.75, 3.05) is 13.2 Å². The molecule has 13 nitrogen and oxygen atoms in total. The molecule has 0 bridgehead atoms. The van der Waals surface area contributed by atoms with Crippen molar-refractivity contribution < 1.29 is 44.1 Å². The number of nitrogens with one attached hydrogen (secondary N) is 3. The van der Waals surface area contributed by atoms with Gasteiger partial charge in [-0.2, -0.15) is 0 Å². The van der Waals surface area contributed by atoms with Crippen LogP contribution in [0.25, 0.3) is 0 Å². The van der Waals surface area contributed by atoms with Crippen LogP contribution in [0.3, 0.4) is 0 Å². The van der Waals surface area contributed by atoms with Gasteiger partial charge < -0.3 is 36.2 Å². The van der Waals surface area contributed by atoms with Crippen LogP contribution in [-0.2, 0) is 28.8 Å². The van der Waals surface area contributed by atoms with Crippen molar-refractivity contribution >= 4 is 47.0 Å². The van der Waals surface area contributed by atoms with E-state index in [1.807, 2.05) is 0 Å². The number of aromatic hydroxyl groups is 1. The van der Waals surface area contributed by atoms with E-state index in [0.717, 1.165) is 12.2 Å². The third-order valence-electron chi connectivity index (χ3n) is 6.50. The number of carboxylic acid groups (broad SMARTS) is 1. The molecular weight excluding hydrogens is 532 g/mol. The van der Waals surface area contributed by atoms with Crippen molar-refractivity contribution in [1.82, 2.24) is 20.9 Å². The Bertz CT molecular complexity index is 1320. The number of phenols is 1. The van der Waals surface area contributed by atoms with Gasteiger partial charge in [0.1, 0.15) is 34.8 Å². The lowest BCUT2D eigenvalue weighted by Gasteiger charge is -2.44. The van der Waals surface area contributed by atoms with Crippen LogP contribution in [-0.4, -0.2) is 90.8 Å². The molecule has 3 aliphatic rings. The van der Waals surface area contributed by atoms with Crippen molar-refractivity contribution in [3.8, 4) is 5.75 Å². The molecule has 2 fully saturated rings. The molecule has 14 heteroatoms. The fourth-order valence-electron chi connectivity index (χ4n) is 4.68. The Hall–Kier alpha value is -4.17. The first-order chi connectivity index (χ1) is 18.4. The number of nitrogens with zero attached hydrogens (tertiary/aromatic N) is 1. The van der Waals surface area contributed by atoms with Crippen LogP contribution >= 0.6 is 11.8 Å². The van der Waals surface area contributed by atoms with Crippen molar-refractivity contribution in [3.05, 3.63) is 53.3 Å². The summed E-state index contributed by atoms with van der Waals surface area (Å²) in [7, 11) is 0. The number of phenolic OH excluding ortho intramolecular Hbond substituents is 1. The molecule has 2 saturated heterocycles. The summed E-state index contributed by atoms with van der Waals surface area (Å²) in [4.78, 5) is 77.4. The monoisotopic (exact) mass is 558 g/mol. The van der Waals surface area contributed by atoms with E-state index < -0.39 is 81.4 Å². The molecule has 1 unspecified atom stereocenters. The summed E-state index contributed by atoms with van der Waals surface area (Å²) in [6.07, 6.45) is 1.85. The Morgan fingerprint density at radius 1 is 1.08 bits per heavy atom. The Balaban J connectivity index is 1.65. The summed E-state index contributed by atoms with van der Waals surface area (Å²) < 4.78 is -0.816. The number of hydrogen-bond donors (Lipinski definition) is 6. The first kappa shape index (κ1) is 27.9. The number of aliphatic hydroxyl groups is 1. The molecule has 2 aliphatic heterocycles. The molecule has 0 radical (unpaired) electrons. The molecule has 2 heterocycles. The summed E-state index contributed by atoms with van der Waals surface area (Å²) in [5.74, 6) is -5.15. The highest BCUT2D eigenvalue weighted by Gasteiger charge is 2.64. The van der Waals surface area contributed by atoms with E-state index >= 15 is 0 Å². The first-order valence-corrected chi connectivity index (χ1v) is 12.7. The minimum absolute atomic E-state index is 0.109. The Morgan fingerprint density at radius 2 is 1.72 bits per heavy atom. The lowest BCUT2D eigenvalue weighted by atomic mass is 9.95. The number of hydrogen-bond acceptors (Lipinski definition) is 10. The second-order valence-electron chi connectivity index (χ2n) is 9.54. The SMILES string of the molecule is CC1(C)S[C@@H]2[C@H](NC(=O)C(NC3=C(C(=O)NCCO)C(=O)C=CC3=O)c3ccc(O)cc3)C(=O)N2[C@H]1C(=O)O. The predicted octanol–water partition coefficient (Wildman–Crippen LogP) is -1.27. The van der Waals surface area contributed by atoms with Gasteiger partial charge in [-0.25, -0.2) is 4.79 Å². The van der Waals surface area contributed by atoms with E-state index in [1.165, 1.54) is 40.9 Å². The van der Waals surface area contributed by atoms with Gasteiger partial charge in [0.15, 0.2) is 5.78 Å². The standard InChI is InChI=1S/C25H26N4O9S/c1-25(2)19(24(37)38)29-22(36)18(23(29)39-25)28-21(35)16(11-3-5-12(31)6-4-11)27-17-14(33)8-7-13(32)15(17)20(34)26-9-10-30/h3-8,16,18-19,23,27,30-31H,9-10H2,1-2H3,(H,26,34)(H,28,35)(H,37,38)/t16?,18-,19+,23-/m1/s1. The molecule has 3 amide bonds. The molecule has 39 heavy (non-hydrogen) atoms. The first-order valence-electron chi connectivity index (χ1n) is 11.9. The number of ketones is 2. The summed E-state index contributed by atoms with van der Waals surface area (Å²) >= 11 is 1.23. The average Bonchev–Trinajstić information content (AvgIpc) is 3.14. The zero-order chi connectivity index (χ0) is 28.6. The topological polar surface area (TPSA) is 202 Å².